The maximum Gasteiger partial charge on any atom is 0.116 e. The summed E-state index contributed by atoms with van der Waals surface area (Å²) < 4.78 is 0. The Balaban J connectivity index is 2.45. The summed E-state index contributed by atoms with van der Waals surface area (Å²) in [5, 5.41) is 1.00. The molecule has 0 spiro atoms. The summed E-state index contributed by atoms with van der Waals surface area (Å²) in [5.41, 5.74) is 1.16. The van der Waals surface area contributed by atoms with E-state index in [1.165, 1.54) is 0 Å². The second-order valence-corrected chi connectivity index (χ2v) is 3.29. The number of aromatic nitrogens is 2. The van der Waals surface area contributed by atoms with Crippen molar-refractivity contribution >= 4 is 11.8 Å². The van der Waals surface area contributed by atoms with E-state index in [9.17, 15) is 0 Å². The fraction of sp³-hybridized carbons (Fsp3) is 0.250. The number of hydrogen-bond donors (Lipinski definition) is 0. The van der Waals surface area contributed by atoms with Crippen molar-refractivity contribution in [1.29, 1.82) is 0 Å². The highest BCUT2D eigenvalue weighted by Crippen LogP contribution is 2.15. The second-order valence-electron chi connectivity index (χ2n) is 2.29. The third-order valence-electron chi connectivity index (χ3n) is 1.02. The Labute approximate surface area is 70.8 Å². The Morgan fingerprint density at radius 2 is 2.55 bits per heavy atom. The molecule has 1 rings (SSSR count). The van der Waals surface area contributed by atoms with Crippen molar-refractivity contribution in [2.45, 2.75) is 11.9 Å². The first-order chi connectivity index (χ1) is 5.29. The van der Waals surface area contributed by atoms with E-state index in [1.807, 2.05) is 13.0 Å². The van der Waals surface area contributed by atoms with Crippen LogP contribution in [0.5, 0.6) is 0 Å². The molecule has 1 aromatic rings. The van der Waals surface area contributed by atoms with Gasteiger partial charge >= 0.3 is 0 Å². The molecule has 1 heterocycles. The molecule has 0 fully saturated rings. The monoisotopic (exact) mass is 166 g/mol. The summed E-state index contributed by atoms with van der Waals surface area (Å²) in [7, 11) is 0. The smallest absolute Gasteiger partial charge is 0.116 e. The van der Waals surface area contributed by atoms with Crippen LogP contribution in [-0.2, 0) is 0 Å². The first-order valence-electron chi connectivity index (χ1n) is 3.32. The molecule has 0 aromatic carbocycles. The lowest BCUT2D eigenvalue weighted by Gasteiger charge is -1.97. The van der Waals surface area contributed by atoms with Crippen LogP contribution in [0.15, 0.2) is 35.8 Å². The fourth-order valence-corrected chi connectivity index (χ4v) is 1.23. The quantitative estimate of drug-likeness (QED) is 0.391. The lowest BCUT2D eigenvalue weighted by atomic mass is 10.4. The van der Waals surface area contributed by atoms with E-state index in [2.05, 4.69) is 16.5 Å². The van der Waals surface area contributed by atoms with Gasteiger partial charge in [-0.25, -0.2) is 9.97 Å². The average Bonchev–Trinajstić information content (AvgIpc) is 2.03. The van der Waals surface area contributed by atoms with Crippen LogP contribution in [0.2, 0.25) is 0 Å². The predicted octanol–water partition coefficient (Wildman–Crippen LogP) is 2.14. The predicted molar refractivity (Wildman–Crippen MR) is 47.6 cm³/mol. The zero-order chi connectivity index (χ0) is 8.10. The standard InChI is InChI=1S/C8H10N2S/c1-7(2)5-11-8-3-4-9-6-10-8/h3-4,6H,1,5H2,2H3. The van der Waals surface area contributed by atoms with E-state index < -0.39 is 0 Å². The van der Waals surface area contributed by atoms with E-state index >= 15 is 0 Å². The molecule has 2 nitrogen and oxygen atoms in total. The summed E-state index contributed by atoms with van der Waals surface area (Å²) in [6, 6.07) is 1.90. The van der Waals surface area contributed by atoms with Gasteiger partial charge in [0, 0.05) is 11.9 Å². The Hall–Kier alpha value is -0.830. The molecule has 0 saturated heterocycles. The molecule has 0 unspecified atom stereocenters. The highest BCUT2D eigenvalue weighted by molar-refractivity contribution is 7.99. The summed E-state index contributed by atoms with van der Waals surface area (Å²) >= 11 is 1.68. The summed E-state index contributed by atoms with van der Waals surface area (Å²) in [4.78, 5) is 7.89. The first kappa shape index (κ1) is 8.27. The zero-order valence-electron chi connectivity index (χ0n) is 6.45. The SMILES string of the molecule is C=C(C)CSc1ccncn1. The first-order valence-corrected chi connectivity index (χ1v) is 4.31. The molecule has 0 aliphatic rings. The molecule has 0 bridgehead atoms. The Bertz CT molecular complexity index is 233. The molecule has 58 valence electrons. The lowest BCUT2D eigenvalue weighted by molar-refractivity contribution is 1.05. The van der Waals surface area contributed by atoms with Crippen LogP contribution in [-0.4, -0.2) is 15.7 Å². The molecular formula is C8H10N2S. The van der Waals surface area contributed by atoms with Crippen molar-refractivity contribution in [2.24, 2.45) is 0 Å². The van der Waals surface area contributed by atoms with Gasteiger partial charge in [-0.1, -0.05) is 12.2 Å². The molecule has 0 amide bonds. The maximum absolute atomic E-state index is 4.06. The maximum atomic E-state index is 4.06. The van der Waals surface area contributed by atoms with Gasteiger partial charge in [0.25, 0.3) is 0 Å². The van der Waals surface area contributed by atoms with Gasteiger partial charge in [0.05, 0.1) is 5.03 Å². The molecule has 1 aromatic heterocycles. The van der Waals surface area contributed by atoms with Crippen LogP contribution in [0.3, 0.4) is 0 Å². The van der Waals surface area contributed by atoms with Crippen LogP contribution in [0.25, 0.3) is 0 Å². The highest BCUT2D eigenvalue weighted by Gasteiger charge is 1.92. The normalized spacial score (nSPS) is 9.55. The molecular weight excluding hydrogens is 156 g/mol. The number of thioether (sulfide) groups is 1. The van der Waals surface area contributed by atoms with Gasteiger partial charge in [-0.2, -0.15) is 0 Å². The van der Waals surface area contributed by atoms with Gasteiger partial charge in [0.15, 0.2) is 0 Å². The van der Waals surface area contributed by atoms with E-state index in [-0.39, 0.29) is 0 Å². The van der Waals surface area contributed by atoms with E-state index in [0.29, 0.717) is 0 Å². The summed E-state index contributed by atoms with van der Waals surface area (Å²) in [6.45, 7) is 5.81. The van der Waals surface area contributed by atoms with Crippen LogP contribution >= 0.6 is 11.8 Å². The average molecular weight is 166 g/mol. The van der Waals surface area contributed by atoms with Gasteiger partial charge < -0.3 is 0 Å². The third-order valence-corrected chi connectivity index (χ3v) is 2.20. The van der Waals surface area contributed by atoms with E-state index in [4.69, 9.17) is 0 Å². The number of rotatable bonds is 3. The molecule has 0 radical (unpaired) electrons. The van der Waals surface area contributed by atoms with Crippen LogP contribution in [0.4, 0.5) is 0 Å². The van der Waals surface area contributed by atoms with Gasteiger partial charge in [0.2, 0.25) is 0 Å². The second kappa shape index (κ2) is 4.13. The molecule has 0 saturated carbocycles. The molecule has 0 aliphatic carbocycles. The van der Waals surface area contributed by atoms with Crippen LogP contribution in [0.1, 0.15) is 6.92 Å². The topological polar surface area (TPSA) is 25.8 Å². The summed E-state index contributed by atoms with van der Waals surface area (Å²) in [5.74, 6) is 0.928. The molecule has 11 heavy (non-hydrogen) atoms. The Morgan fingerprint density at radius 3 is 3.09 bits per heavy atom. The molecule has 0 atom stereocenters. The minimum Gasteiger partial charge on any atom is -0.245 e. The van der Waals surface area contributed by atoms with E-state index in [0.717, 1.165) is 16.4 Å². The van der Waals surface area contributed by atoms with Gasteiger partial charge in [-0.05, 0) is 13.0 Å². The largest absolute Gasteiger partial charge is 0.245 e. The molecule has 0 aliphatic heterocycles. The van der Waals surface area contributed by atoms with Gasteiger partial charge in [-0.3, -0.25) is 0 Å². The third kappa shape index (κ3) is 3.18. The summed E-state index contributed by atoms with van der Waals surface area (Å²) in [6.07, 6.45) is 3.30. The van der Waals surface area contributed by atoms with Crippen molar-refractivity contribution in [3.05, 3.63) is 30.7 Å². The molecule has 0 N–H and O–H groups in total. The van der Waals surface area contributed by atoms with Gasteiger partial charge in [-0.15, -0.1) is 11.8 Å². The van der Waals surface area contributed by atoms with Crippen molar-refractivity contribution in [1.82, 2.24) is 9.97 Å². The number of nitrogens with zero attached hydrogens (tertiary/aromatic N) is 2. The highest BCUT2D eigenvalue weighted by atomic mass is 32.2. The Kier molecular flexibility index (Phi) is 3.11. The lowest BCUT2D eigenvalue weighted by Crippen LogP contribution is -1.83. The van der Waals surface area contributed by atoms with Crippen molar-refractivity contribution in [3.8, 4) is 0 Å². The van der Waals surface area contributed by atoms with Crippen LogP contribution < -0.4 is 0 Å². The van der Waals surface area contributed by atoms with Gasteiger partial charge in [0.1, 0.15) is 6.33 Å². The fourth-order valence-electron chi connectivity index (χ4n) is 0.561. The minimum absolute atomic E-state index is 0.928. The van der Waals surface area contributed by atoms with Crippen molar-refractivity contribution < 1.29 is 0 Å². The number of hydrogen-bond acceptors (Lipinski definition) is 3. The zero-order valence-corrected chi connectivity index (χ0v) is 7.27. The van der Waals surface area contributed by atoms with E-state index in [1.54, 1.807) is 24.3 Å². The van der Waals surface area contributed by atoms with Crippen molar-refractivity contribution in [2.75, 3.05) is 5.75 Å². The van der Waals surface area contributed by atoms with Crippen molar-refractivity contribution in [3.63, 3.8) is 0 Å². The molecule has 3 heteroatoms. The Morgan fingerprint density at radius 1 is 1.73 bits per heavy atom. The van der Waals surface area contributed by atoms with Crippen LogP contribution in [0, 0.1) is 0 Å². The minimum atomic E-state index is 0.928.